The molecule has 0 radical (unpaired) electrons. The van der Waals surface area contributed by atoms with Crippen molar-refractivity contribution in [2.24, 2.45) is 0 Å². The van der Waals surface area contributed by atoms with Gasteiger partial charge in [0.1, 0.15) is 6.61 Å². The van der Waals surface area contributed by atoms with Crippen LogP contribution in [-0.4, -0.2) is 23.1 Å². The van der Waals surface area contributed by atoms with Crippen molar-refractivity contribution in [3.63, 3.8) is 0 Å². The number of benzene rings is 1. The molecule has 1 aromatic carbocycles. The predicted octanol–water partition coefficient (Wildman–Crippen LogP) is 4.84. The Morgan fingerprint density at radius 1 is 1.30 bits per heavy atom. The summed E-state index contributed by atoms with van der Waals surface area (Å²) in [7, 11) is 0. The lowest BCUT2D eigenvalue weighted by molar-refractivity contribution is 0.0814. The Balaban J connectivity index is 1.56. The number of unbranched alkanes of at least 4 members (excludes halogenated alkanes) is 1. The zero-order chi connectivity index (χ0) is 16.1. The highest BCUT2D eigenvalue weighted by Gasteiger charge is 2.40. The van der Waals surface area contributed by atoms with Crippen molar-refractivity contribution >= 4 is 6.09 Å². The molecular weight excluding hydrogens is 286 g/mol. The molecule has 0 aromatic heterocycles. The van der Waals surface area contributed by atoms with Crippen LogP contribution < -0.4 is 0 Å². The van der Waals surface area contributed by atoms with Gasteiger partial charge in [-0.2, -0.15) is 0 Å². The molecule has 0 spiro atoms. The summed E-state index contributed by atoms with van der Waals surface area (Å²) in [6.45, 7) is 4.13. The molecule has 2 aliphatic heterocycles. The smallest absolute Gasteiger partial charge is 0.410 e. The summed E-state index contributed by atoms with van der Waals surface area (Å²) in [6, 6.07) is 10.4. The van der Waals surface area contributed by atoms with E-state index in [0.717, 1.165) is 44.1 Å². The Bertz CT molecular complexity index is 579. The van der Waals surface area contributed by atoms with Gasteiger partial charge in [0, 0.05) is 6.04 Å². The molecule has 1 amide bonds. The molecule has 2 atom stereocenters. The van der Waals surface area contributed by atoms with Crippen LogP contribution in [0.1, 0.15) is 44.1 Å². The van der Waals surface area contributed by atoms with Crippen LogP contribution in [-0.2, 0) is 11.3 Å². The van der Waals surface area contributed by atoms with E-state index >= 15 is 0 Å². The van der Waals surface area contributed by atoms with Gasteiger partial charge < -0.3 is 4.74 Å². The van der Waals surface area contributed by atoms with Gasteiger partial charge in [-0.15, -0.1) is 6.58 Å². The summed E-state index contributed by atoms with van der Waals surface area (Å²) in [4.78, 5) is 14.4. The van der Waals surface area contributed by atoms with Crippen LogP contribution in [0.5, 0.6) is 0 Å². The number of ether oxygens (including phenoxy) is 1. The Labute approximate surface area is 138 Å². The number of allylic oxidation sites excluding steroid dienone is 1. The Kier molecular flexibility index (Phi) is 5.16. The number of rotatable bonds is 6. The molecule has 1 saturated heterocycles. The number of nitrogens with zero attached hydrogens (tertiary/aromatic N) is 1. The van der Waals surface area contributed by atoms with Gasteiger partial charge in [-0.25, -0.2) is 4.79 Å². The fraction of sp³-hybridized carbons (Fsp3) is 0.450. The molecule has 2 unspecified atom stereocenters. The van der Waals surface area contributed by atoms with Gasteiger partial charge in [-0.1, -0.05) is 48.1 Å². The van der Waals surface area contributed by atoms with Gasteiger partial charge in [-0.3, -0.25) is 4.90 Å². The van der Waals surface area contributed by atoms with E-state index < -0.39 is 0 Å². The quantitative estimate of drug-likeness (QED) is 0.555. The second kappa shape index (κ2) is 7.49. The van der Waals surface area contributed by atoms with Crippen molar-refractivity contribution in [3.8, 4) is 0 Å². The first-order chi connectivity index (χ1) is 11.3. The molecule has 3 rings (SSSR count). The maximum absolute atomic E-state index is 12.5. The van der Waals surface area contributed by atoms with E-state index in [9.17, 15) is 4.79 Å². The second-order valence-corrected chi connectivity index (χ2v) is 6.46. The lowest BCUT2D eigenvalue weighted by Crippen LogP contribution is -2.43. The summed E-state index contributed by atoms with van der Waals surface area (Å²) >= 11 is 0. The summed E-state index contributed by atoms with van der Waals surface area (Å²) in [5, 5.41) is 0. The Morgan fingerprint density at radius 2 is 2.13 bits per heavy atom. The van der Waals surface area contributed by atoms with Crippen LogP contribution in [0.4, 0.5) is 4.79 Å². The van der Waals surface area contributed by atoms with Crippen molar-refractivity contribution in [2.45, 2.75) is 57.2 Å². The summed E-state index contributed by atoms with van der Waals surface area (Å²) < 4.78 is 5.53. The van der Waals surface area contributed by atoms with E-state index in [-0.39, 0.29) is 12.1 Å². The molecule has 3 nitrogen and oxygen atoms in total. The van der Waals surface area contributed by atoms with Gasteiger partial charge in [0.15, 0.2) is 0 Å². The Hall–Kier alpha value is -2.03. The maximum atomic E-state index is 12.5. The molecule has 2 heterocycles. The van der Waals surface area contributed by atoms with Gasteiger partial charge in [0.25, 0.3) is 0 Å². The highest BCUT2D eigenvalue weighted by molar-refractivity contribution is 5.70. The third-order valence-corrected chi connectivity index (χ3v) is 4.79. The van der Waals surface area contributed by atoms with Crippen molar-refractivity contribution in [2.75, 3.05) is 0 Å². The van der Waals surface area contributed by atoms with Crippen molar-refractivity contribution in [1.29, 1.82) is 0 Å². The highest BCUT2D eigenvalue weighted by atomic mass is 16.6. The van der Waals surface area contributed by atoms with Gasteiger partial charge in [0.05, 0.1) is 6.04 Å². The summed E-state index contributed by atoms with van der Waals surface area (Å²) in [6.07, 6.45) is 10.6. The molecule has 0 N–H and O–H groups in total. The fourth-order valence-corrected chi connectivity index (χ4v) is 3.66. The Morgan fingerprint density at radius 3 is 2.87 bits per heavy atom. The number of amides is 1. The molecule has 3 heteroatoms. The third kappa shape index (κ3) is 3.84. The molecule has 1 fully saturated rings. The molecule has 23 heavy (non-hydrogen) atoms. The third-order valence-electron chi connectivity index (χ3n) is 4.79. The molecular formula is C20H25NO2. The molecule has 2 bridgehead atoms. The minimum absolute atomic E-state index is 0.164. The van der Waals surface area contributed by atoms with Crippen LogP contribution in [0.3, 0.4) is 0 Å². The lowest BCUT2D eigenvalue weighted by Gasteiger charge is -2.33. The lowest BCUT2D eigenvalue weighted by atomic mass is 9.97. The topological polar surface area (TPSA) is 29.5 Å². The average molecular weight is 311 g/mol. The van der Waals surface area contributed by atoms with E-state index in [0.29, 0.717) is 12.6 Å². The van der Waals surface area contributed by atoms with E-state index in [4.69, 9.17) is 4.74 Å². The fourth-order valence-electron chi connectivity index (χ4n) is 3.66. The van der Waals surface area contributed by atoms with E-state index in [1.54, 1.807) is 0 Å². The zero-order valence-corrected chi connectivity index (χ0v) is 13.6. The summed E-state index contributed by atoms with van der Waals surface area (Å²) in [5.74, 6) is 0. The van der Waals surface area contributed by atoms with Crippen LogP contribution >= 0.6 is 0 Å². The zero-order valence-electron chi connectivity index (χ0n) is 13.6. The van der Waals surface area contributed by atoms with Gasteiger partial charge >= 0.3 is 6.09 Å². The SMILES string of the molecule is C=CCCCC1=CC2CCC(C1)N2C(=O)OCc1ccccc1. The number of hydrogen-bond acceptors (Lipinski definition) is 2. The van der Waals surface area contributed by atoms with Crippen molar-refractivity contribution in [3.05, 3.63) is 60.2 Å². The highest BCUT2D eigenvalue weighted by Crippen LogP contribution is 2.36. The van der Waals surface area contributed by atoms with Crippen LogP contribution in [0.2, 0.25) is 0 Å². The first-order valence-electron chi connectivity index (χ1n) is 8.57. The monoisotopic (exact) mass is 311 g/mol. The number of carbonyl (C=O) groups excluding carboxylic acids is 1. The minimum atomic E-state index is -0.164. The maximum Gasteiger partial charge on any atom is 0.410 e. The number of carbonyl (C=O) groups is 1. The minimum Gasteiger partial charge on any atom is -0.445 e. The van der Waals surface area contributed by atoms with Gasteiger partial charge in [0.2, 0.25) is 0 Å². The van der Waals surface area contributed by atoms with Crippen LogP contribution in [0, 0.1) is 0 Å². The average Bonchev–Trinajstić information content (AvgIpc) is 2.85. The summed E-state index contributed by atoms with van der Waals surface area (Å²) in [5.41, 5.74) is 2.54. The molecule has 0 aliphatic carbocycles. The van der Waals surface area contributed by atoms with Crippen LogP contribution in [0.25, 0.3) is 0 Å². The first-order valence-corrected chi connectivity index (χ1v) is 8.57. The van der Waals surface area contributed by atoms with Gasteiger partial charge in [-0.05, 0) is 44.1 Å². The molecule has 0 saturated carbocycles. The van der Waals surface area contributed by atoms with Crippen LogP contribution in [0.15, 0.2) is 54.6 Å². The molecule has 2 aliphatic rings. The normalized spacial score (nSPS) is 22.6. The molecule has 1 aromatic rings. The number of fused-ring (bicyclic) bond motifs is 2. The second-order valence-electron chi connectivity index (χ2n) is 6.46. The standard InChI is InChI=1S/C20H25NO2/c1-2-3-5-10-17-13-18-11-12-19(14-17)21(18)20(22)23-15-16-8-6-4-7-9-16/h2,4,6-9,13,18-19H,1,3,5,10-12,14-15H2. The largest absolute Gasteiger partial charge is 0.445 e. The number of hydrogen-bond donors (Lipinski definition) is 0. The van der Waals surface area contributed by atoms with Crippen molar-refractivity contribution < 1.29 is 9.53 Å². The van der Waals surface area contributed by atoms with E-state index in [1.807, 2.05) is 41.3 Å². The van der Waals surface area contributed by atoms with E-state index in [2.05, 4.69) is 12.7 Å². The first kappa shape index (κ1) is 15.9. The predicted molar refractivity (Wildman–Crippen MR) is 92.0 cm³/mol. The van der Waals surface area contributed by atoms with E-state index in [1.165, 1.54) is 5.57 Å². The molecule has 122 valence electrons. The van der Waals surface area contributed by atoms with Crippen molar-refractivity contribution in [1.82, 2.24) is 4.90 Å².